The second kappa shape index (κ2) is 7.66. The van der Waals surface area contributed by atoms with Crippen molar-refractivity contribution in [3.63, 3.8) is 0 Å². The van der Waals surface area contributed by atoms with Gasteiger partial charge in [0.1, 0.15) is 12.0 Å². The Labute approximate surface area is 139 Å². The van der Waals surface area contributed by atoms with Gasteiger partial charge in [-0.15, -0.1) is 0 Å². The van der Waals surface area contributed by atoms with Crippen LogP contribution >= 0.6 is 0 Å². The molecule has 0 unspecified atom stereocenters. The van der Waals surface area contributed by atoms with Crippen LogP contribution in [0.2, 0.25) is 0 Å². The van der Waals surface area contributed by atoms with Gasteiger partial charge in [0.15, 0.2) is 11.6 Å². The van der Waals surface area contributed by atoms with Crippen molar-refractivity contribution < 1.29 is 0 Å². The fourth-order valence-corrected chi connectivity index (χ4v) is 3.47. The van der Waals surface area contributed by atoms with Gasteiger partial charge in [0, 0.05) is 19.6 Å². The largest absolute Gasteiger partial charge is 0.393 e. The van der Waals surface area contributed by atoms with Crippen molar-refractivity contribution >= 4 is 17.3 Å². The van der Waals surface area contributed by atoms with E-state index in [1.807, 2.05) is 0 Å². The standard InChI is InChI=1S/C18H29N5/c1-14-8-11-23(12-9-14)18-16(19)17(21-13-22-18)20-10-7-15-5-3-2-4-6-15/h5,13-14H,2-4,6-12,19H2,1H3,(H,20,21,22). The quantitative estimate of drug-likeness (QED) is 0.813. The summed E-state index contributed by atoms with van der Waals surface area (Å²) in [5.74, 6) is 2.48. The van der Waals surface area contributed by atoms with Crippen molar-refractivity contribution in [3.8, 4) is 0 Å². The van der Waals surface area contributed by atoms with Crippen LogP contribution in [0, 0.1) is 5.92 Å². The predicted octanol–water partition coefficient (Wildman–Crippen LogP) is 3.60. The number of hydrogen-bond acceptors (Lipinski definition) is 5. The van der Waals surface area contributed by atoms with E-state index in [9.17, 15) is 0 Å². The van der Waals surface area contributed by atoms with Crippen LogP contribution in [0.1, 0.15) is 51.9 Å². The monoisotopic (exact) mass is 315 g/mol. The normalized spacial score (nSPS) is 19.5. The van der Waals surface area contributed by atoms with Crippen molar-refractivity contribution in [1.82, 2.24) is 9.97 Å². The molecular weight excluding hydrogens is 286 g/mol. The van der Waals surface area contributed by atoms with Gasteiger partial charge in [-0.25, -0.2) is 9.97 Å². The van der Waals surface area contributed by atoms with Crippen LogP contribution in [-0.4, -0.2) is 29.6 Å². The molecule has 1 saturated heterocycles. The molecule has 0 atom stereocenters. The molecule has 1 aromatic rings. The number of anilines is 3. The topological polar surface area (TPSA) is 67.1 Å². The first-order valence-electron chi connectivity index (χ1n) is 9.01. The summed E-state index contributed by atoms with van der Waals surface area (Å²) < 4.78 is 0. The minimum absolute atomic E-state index is 0.694. The molecule has 0 aromatic carbocycles. The number of nitrogens with one attached hydrogen (secondary N) is 1. The highest BCUT2D eigenvalue weighted by atomic mass is 15.2. The molecule has 0 spiro atoms. The smallest absolute Gasteiger partial charge is 0.157 e. The minimum Gasteiger partial charge on any atom is -0.393 e. The maximum Gasteiger partial charge on any atom is 0.157 e. The second-order valence-electron chi connectivity index (χ2n) is 6.91. The van der Waals surface area contributed by atoms with Crippen LogP contribution in [0.25, 0.3) is 0 Å². The zero-order valence-corrected chi connectivity index (χ0v) is 14.2. The van der Waals surface area contributed by atoms with Crippen LogP contribution in [0.3, 0.4) is 0 Å². The average molecular weight is 315 g/mol. The van der Waals surface area contributed by atoms with Gasteiger partial charge < -0.3 is 16.0 Å². The second-order valence-corrected chi connectivity index (χ2v) is 6.91. The van der Waals surface area contributed by atoms with E-state index in [4.69, 9.17) is 5.73 Å². The number of piperidine rings is 1. The Morgan fingerprint density at radius 1 is 1.26 bits per heavy atom. The summed E-state index contributed by atoms with van der Waals surface area (Å²) in [6.45, 7) is 5.28. The number of allylic oxidation sites excluding steroid dienone is 1. The van der Waals surface area contributed by atoms with Gasteiger partial charge >= 0.3 is 0 Å². The Morgan fingerprint density at radius 3 is 2.83 bits per heavy atom. The van der Waals surface area contributed by atoms with Crippen molar-refractivity contribution in [1.29, 1.82) is 0 Å². The molecule has 5 heteroatoms. The Morgan fingerprint density at radius 2 is 2.09 bits per heavy atom. The highest BCUT2D eigenvalue weighted by Gasteiger charge is 2.20. The number of aromatic nitrogens is 2. The molecule has 3 N–H and O–H groups in total. The molecule has 1 aliphatic heterocycles. The molecule has 1 aliphatic carbocycles. The van der Waals surface area contributed by atoms with Gasteiger partial charge in [0.05, 0.1) is 0 Å². The third-order valence-electron chi connectivity index (χ3n) is 5.07. The molecule has 1 aromatic heterocycles. The SMILES string of the molecule is CC1CCN(c2ncnc(NCCC3=CCCCC3)c2N)CC1. The molecule has 0 amide bonds. The number of nitrogens with two attached hydrogens (primary N) is 1. The van der Waals surface area contributed by atoms with E-state index in [2.05, 4.69) is 33.2 Å². The van der Waals surface area contributed by atoms with Gasteiger partial charge in [-0.2, -0.15) is 0 Å². The fourth-order valence-electron chi connectivity index (χ4n) is 3.47. The van der Waals surface area contributed by atoms with Gasteiger partial charge in [-0.05, 0) is 50.9 Å². The summed E-state index contributed by atoms with van der Waals surface area (Å²) in [5, 5.41) is 3.40. The number of rotatable bonds is 5. The first-order valence-corrected chi connectivity index (χ1v) is 9.01. The predicted molar refractivity (Wildman–Crippen MR) is 96.7 cm³/mol. The summed E-state index contributed by atoms with van der Waals surface area (Å²) in [6, 6.07) is 0. The average Bonchev–Trinajstić information content (AvgIpc) is 2.58. The zero-order chi connectivity index (χ0) is 16.1. The van der Waals surface area contributed by atoms with Crippen LogP contribution in [0.5, 0.6) is 0 Å². The highest BCUT2D eigenvalue weighted by Crippen LogP contribution is 2.29. The molecule has 23 heavy (non-hydrogen) atoms. The third-order valence-corrected chi connectivity index (χ3v) is 5.07. The van der Waals surface area contributed by atoms with Crippen LogP contribution in [0.4, 0.5) is 17.3 Å². The minimum atomic E-state index is 0.694. The molecule has 5 nitrogen and oxygen atoms in total. The number of nitrogen functional groups attached to an aromatic ring is 1. The first-order chi connectivity index (χ1) is 11.2. The highest BCUT2D eigenvalue weighted by molar-refractivity contribution is 5.74. The maximum absolute atomic E-state index is 6.32. The lowest BCUT2D eigenvalue weighted by molar-refractivity contribution is 0.437. The Kier molecular flexibility index (Phi) is 5.36. The van der Waals surface area contributed by atoms with E-state index in [0.717, 1.165) is 43.6 Å². The molecule has 0 bridgehead atoms. The molecule has 3 rings (SSSR count). The number of nitrogens with zero attached hydrogens (tertiary/aromatic N) is 3. The fraction of sp³-hybridized carbons (Fsp3) is 0.667. The third kappa shape index (κ3) is 4.15. The van der Waals surface area contributed by atoms with E-state index in [0.29, 0.717) is 5.69 Å². The molecule has 126 valence electrons. The Hall–Kier alpha value is -1.78. The van der Waals surface area contributed by atoms with E-state index in [1.54, 1.807) is 11.9 Å². The summed E-state index contributed by atoms with van der Waals surface area (Å²) in [7, 11) is 0. The zero-order valence-electron chi connectivity index (χ0n) is 14.2. The van der Waals surface area contributed by atoms with E-state index >= 15 is 0 Å². The lowest BCUT2D eigenvalue weighted by atomic mass is 9.97. The summed E-state index contributed by atoms with van der Waals surface area (Å²) in [4.78, 5) is 11.1. The van der Waals surface area contributed by atoms with E-state index < -0.39 is 0 Å². The Balaban J connectivity index is 1.59. The van der Waals surface area contributed by atoms with Gasteiger partial charge in [0.2, 0.25) is 0 Å². The summed E-state index contributed by atoms with van der Waals surface area (Å²) in [6.07, 6.45) is 12.7. The van der Waals surface area contributed by atoms with Crippen molar-refractivity contribution in [3.05, 3.63) is 18.0 Å². The van der Waals surface area contributed by atoms with Gasteiger partial charge in [0.25, 0.3) is 0 Å². The maximum atomic E-state index is 6.32. The molecule has 1 fully saturated rings. The van der Waals surface area contributed by atoms with Crippen LogP contribution < -0.4 is 16.0 Å². The molecule has 0 saturated carbocycles. The van der Waals surface area contributed by atoms with Crippen LogP contribution in [-0.2, 0) is 0 Å². The van der Waals surface area contributed by atoms with E-state index in [-0.39, 0.29) is 0 Å². The first kappa shape index (κ1) is 16.1. The lowest BCUT2D eigenvalue weighted by Crippen LogP contribution is -2.34. The molecule has 2 heterocycles. The summed E-state index contributed by atoms with van der Waals surface area (Å²) in [5.41, 5.74) is 8.59. The molecule has 0 radical (unpaired) electrons. The van der Waals surface area contributed by atoms with Gasteiger partial charge in [-0.3, -0.25) is 0 Å². The summed E-state index contributed by atoms with van der Waals surface area (Å²) >= 11 is 0. The van der Waals surface area contributed by atoms with Crippen molar-refractivity contribution in [2.24, 2.45) is 5.92 Å². The number of hydrogen-bond donors (Lipinski definition) is 2. The van der Waals surface area contributed by atoms with Crippen molar-refractivity contribution in [2.75, 3.05) is 35.6 Å². The van der Waals surface area contributed by atoms with Crippen LogP contribution in [0.15, 0.2) is 18.0 Å². The lowest BCUT2D eigenvalue weighted by Gasteiger charge is -2.32. The van der Waals surface area contributed by atoms with E-state index in [1.165, 1.54) is 38.5 Å². The molecular formula is C18H29N5. The Bertz CT molecular complexity index is 546. The van der Waals surface area contributed by atoms with Gasteiger partial charge in [-0.1, -0.05) is 18.6 Å². The molecule has 2 aliphatic rings. The van der Waals surface area contributed by atoms with Crippen molar-refractivity contribution in [2.45, 2.75) is 51.9 Å².